The van der Waals surface area contributed by atoms with Crippen LogP contribution in [0.25, 0.3) is 0 Å². The van der Waals surface area contributed by atoms with E-state index in [4.69, 9.17) is 4.74 Å². The van der Waals surface area contributed by atoms with E-state index in [1.165, 1.54) is 0 Å². The number of nitrogens with one attached hydrogen (secondary N) is 1. The van der Waals surface area contributed by atoms with Gasteiger partial charge in [0.25, 0.3) is 0 Å². The number of hydrogen-bond donors (Lipinski definition) is 2. The summed E-state index contributed by atoms with van der Waals surface area (Å²) in [6, 6.07) is -0.0668. The van der Waals surface area contributed by atoms with E-state index < -0.39 is 17.8 Å². The lowest BCUT2D eigenvalue weighted by Crippen LogP contribution is -2.45. The first-order valence-electron chi connectivity index (χ1n) is 6.88. The molecule has 0 aromatic carbocycles. The molecule has 5 nitrogen and oxygen atoms in total. The summed E-state index contributed by atoms with van der Waals surface area (Å²) in [7, 11) is 1.60. The Balaban J connectivity index is 2.67. The predicted molar refractivity (Wildman–Crippen MR) is 71.7 cm³/mol. The average Bonchev–Trinajstić information content (AvgIpc) is 2.70. The van der Waals surface area contributed by atoms with Crippen LogP contribution in [0, 0.1) is 23.7 Å². The third-order valence-electron chi connectivity index (χ3n) is 3.93. The van der Waals surface area contributed by atoms with Gasteiger partial charge in [-0.3, -0.25) is 9.59 Å². The van der Waals surface area contributed by atoms with Gasteiger partial charge in [0.2, 0.25) is 5.91 Å². The van der Waals surface area contributed by atoms with Crippen LogP contribution < -0.4 is 5.32 Å². The number of carboxylic acids is 1. The third kappa shape index (κ3) is 4.20. The molecular formula is C14H25NO4. The van der Waals surface area contributed by atoms with Crippen molar-refractivity contribution in [3.63, 3.8) is 0 Å². The maximum atomic E-state index is 12.3. The molecule has 2 unspecified atom stereocenters. The van der Waals surface area contributed by atoms with Crippen LogP contribution >= 0.6 is 0 Å². The maximum Gasteiger partial charge on any atom is 0.307 e. The van der Waals surface area contributed by atoms with Gasteiger partial charge in [0.1, 0.15) is 0 Å². The second-order valence-corrected chi connectivity index (χ2v) is 5.94. The number of carboxylic acid groups (broad SMARTS) is 1. The highest BCUT2D eigenvalue weighted by atomic mass is 16.5. The minimum atomic E-state index is -0.864. The monoisotopic (exact) mass is 271 g/mol. The van der Waals surface area contributed by atoms with Gasteiger partial charge in [-0.1, -0.05) is 20.8 Å². The van der Waals surface area contributed by atoms with E-state index in [0.717, 1.165) is 0 Å². The summed E-state index contributed by atoms with van der Waals surface area (Å²) in [4.78, 5) is 23.5. The summed E-state index contributed by atoms with van der Waals surface area (Å²) in [6.45, 7) is 6.47. The van der Waals surface area contributed by atoms with Crippen molar-refractivity contribution in [2.45, 2.75) is 39.7 Å². The van der Waals surface area contributed by atoms with Crippen molar-refractivity contribution in [1.29, 1.82) is 0 Å². The molecule has 0 heterocycles. The van der Waals surface area contributed by atoms with Crippen LogP contribution in [0.4, 0.5) is 0 Å². The molecule has 110 valence electrons. The summed E-state index contributed by atoms with van der Waals surface area (Å²) in [5.41, 5.74) is 0. The molecule has 1 aliphatic carbocycles. The largest absolute Gasteiger partial charge is 0.481 e. The van der Waals surface area contributed by atoms with E-state index in [1.54, 1.807) is 7.11 Å². The Morgan fingerprint density at radius 2 is 1.89 bits per heavy atom. The normalized spacial score (nSPS) is 28.4. The molecule has 0 spiro atoms. The second kappa shape index (κ2) is 6.89. The van der Waals surface area contributed by atoms with Crippen LogP contribution in [-0.4, -0.2) is 36.7 Å². The molecule has 1 rings (SSSR count). The van der Waals surface area contributed by atoms with E-state index >= 15 is 0 Å². The topological polar surface area (TPSA) is 75.6 Å². The van der Waals surface area contributed by atoms with Crippen molar-refractivity contribution in [2.75, 3.05) is 13.7 Å². The lowest BCUT2D eigenvalue weighted by Gasteiger charge is -2.24. The Kier molecular flexibility index (Phi) is 5.79. The average molecular weight is 271 g/mol. The van der Waals surface area contributed by atoms with Crippen LogP contribution in [0.3, 0.4) is 0 Å². The molecule has 4 atom stereocenters. The van der Waals surface area contributed by atoms with Gasteiger partial charge in [-0.25, -0.2) is 0 Å². The first-order valence-corrected chi connectivity index (χ1v) is 6.88. The first kappa shape index (κ1) is 16.0. The lowest BCUT2D eigenvalue weighted by molar-refractivity contribution is -0.146. The summed E-state index contributed by atoms with van der Waals surface area (Å²) in [6.07, 6.45) is 1.24. The van der Waals surface area contributed by atoms with E-state index in [1.807, 2.05) is 20.8 Å². The van der Waals surface area contributed by atoms with E-state index in [2.05, 4.69) is 5.32 Å². The number of carbonyl (C=O) groups excluding carboxylic acids is 1. The highest BCUT2D eigenvalue weighted by Gasteiger charge is 2.41. The Hall–Kier alpha value is -1.10. The predicted octanol–water partition coefficient (Wildman–Crippen LogP) is 1.52. The third-order valence-corrected chi connectivity index (χ3v) is 3.93. The van der Waals surface area contributed by atoms with Crippen molar-refractivity contribution in [3.8, 4) is 0 Å². The van der Waals surface area contributed by atoms with Crippen LogP contribution in [-0.2, 0) is 14.3 Å². The number of hydrogen-bond acceptors (Lipinski definition) is 3. The zero-order chi connectivity index (χ0) is 14.6. The summed E-state index contributed by atoms with van der Waals surface area (Å²) in [5, 5.41) is 12.1. The molecule has 1 amide bonds. The van der Waals surface area contributed by atoms with Crippen LogP contribution in [0.5, 0.6) is 0 Å². The zero-order valence-electron chi connectivity index (χ0n) is 12.2. The van der Waals surface area contributed by atoms with Crippen molar-refractivity contribution in [1.82, 2.24) is 5.32 Å². The Morgan fingerprint density at radius 1 is 1.32 bits per heavy atom. The minimum Gasteiger partial charge on any atom is -0.481 e. The van der Waals surface area contributed by atoms with E-state index in [-0.39, 0.29) is 23.8 Å². The van der Waals surface area contributed by atoms with Crippen LogP contribution in [0.2, 0.25) is 0 Å². The molecule has 1 aliphatic rings. The lowest BCUT2D eigenvalue weighted by atomic mass is 9.94. The van der Waals surface area contributed by atoms with E-state index in [9.17, 15) is 14.7 Å². The molecule has 0 aromatic rings. The quantitative estimate of drug-likeness (QED) is 0.768. The number of rotatable bonds is 6. The highest BCUT2D eigenvalue weighted by molar-refractivity contribution is 5.85. The number of aliphatic carboxylic acids is 1. The molecule has 5 heteroatoms. The molecule has 1 saturated carbocycles. The van der Waals surface area contributed by atoms with E-state index in [0.29, 0.717) is 19.4 Å². The molecule has 2 N–H and O–H groups in total. The SMILES string of the molecule is COCC(NC(=O)[C@H]1CC(C)C[C@H]1C(=O)O)C(C)C. The summed E-state index contributed by atoms with van der Waals surface area (Å²) in [5.74, 6) is -1.43. The smallest absolute Gasteiger partial charge is 0.307 e. The van der Waals surface area contributed by atoms with Crippen molar-refractivity contribution in [3.05, 3.63) is 0 Å². The second-order valence-electron chi connectivity index (χ2n) is 5.94. The number of ether oxygens (including phenoxy) is 1. The number of methoxy groups -OCH3 is 1. The van der Waals surface area contributed by atoms with Gasteiger partial charge >= 0.3 is 5.97 Å². The van der Waals surface area contributed by atoms with Gasteiger partial charge in [0.05, 0.1) is 24.5 Å². The van der Waals surface area contributed by atoms with Crippen molar-refractivity contribution in [2.24, 2.45) is 23.7 Å². The molecule has 0 saturated heterocycles. The molecule has 1 fully saturated rings. The minimum absolute atomic E-state index is 0.0668. The van der Waals surface area contributed by atoms with Crippen molar-refractivity contribution < 1.29 is 19.4 Å². The van der Waals surface area contributed by atoms with Gasteiger partial charge in [-0.2, -0.15) is 0 Å². The Bertz CT molecular complexity index is 329. The molecule has 0 bridgehead atoms. The van der Waals surface area contributed by atoms with Gasteiger partial charge in [0.15, 0.2) is 0 Å². The summed E-state index contributed by atoms with van der Waals surface area (Å²) >= 11 is 0. The molecular weight excluding hydrogens is 246 g/mol. The Labute approximate surface area is 114 Å². The molecule has 0 radical (unpaired) electrons. The molecule has 0 aromatic heterocycles. The molecule has 19 heavy (non-hydrogen) atoms. The summed E-state index contributed by atoms with van der Waals surface area (Å²) < 4.78 is 5.09. The highest BCUT2D eigenvalue weighted by Crippen LogP contribution is 2.36. The Morgan fingerprint density at radius 3 is 2.37 bits per heavy atom. The number of carbonyl (C=O) groups is 2. The van der Waals surface area contributed by atoms with Gasteiger partial charge < -0.3 is 15.2 Å². The fourth-order valence-electron chi connectivity index (χ4n) is 2.72. The number of amides is 1. The van der Waals surface area contributed by atoms with Gasteiger partial charge in [0, 0.05) is 7.11 Å². The van der Waals surface area contributed by atoms with Crippen molar-refractivity contribution >= 4 is 11.9 Å². The fourth-order valence-corrected chi connectivity index (χ4v) is 2.72. The first-order chi connectivity index (χ1) is 8.86. The zero-order valence-corrected chi connectivity index (χ0v) is 12.2. The maximum absolute atomic E-state index is 12.3. The van der Waals surface area contributed by atoms with Gasteiger partial charge in [-0.05, 0) is 24.7 Å². The van der Waals surface area contributed by atoms with Crippen LogP contribution in [0.15, 0.2) is 0 Å². The standard InChI is InChI=1S/C14H25NO4/c1-8(2)12(7-19-4)15-13(16)10-5-9(3)6-11(10)14(17)18/h8-12H,5-7H2,1-4H3,(H,15,16)(H,17,18)/t9?,10-,11+,12?/m0/s1. The van der Waals surface area contributed by atoms with Crippen LogP contribution in [0.1, 0.15) is 33.6 Å². The molecule has 0 aliphatic heterocycles. The van der Waals surface area contributed by atoms with Gasteiger partial charge in [-0.15, -0.1) is 0 Å². The fraction of sp³-hybridized carbons (Fsp3) is 0.857.